The van der Waals surface area contributed by atoms with Crippen molar-refractivity contribution in [3.63, 3.8) is 0 Å². The van der Waals surface area contributed by atoms with Crippen molar-refractivity contribution in [2.24, 2.45) is 0 Å². The topological polar surface area (TPSA) is 73.1 Å². The molecule has 0 aliphatic heterocycles. The van der Waals surface area contributed by atoms with Gasteiger partial charge in [-0.2, -0.15) is 0 Å². The Morgan fingerprint density at radius 1 is 1.47 bits per heavy atom. The molecule has 0 amide bonds. The highest BCUT2D eigenvalue weighted by Gasteiger charge is 2.05. The minimum absolute atomic E-state index is 0.0842. The molecule has 0 saturated carbocycles. The van der Waals surface area contributed by atoms with Crippen LogP contribution < -0.4 is 4.74 Å². The molecule has 2 rings (SSSR count). The first-order valence-electron chi connectivity index (χ1n) is 4.36. The second kappa shape index (κ2) is 4.05. The largest absolute Gasteiger partial charge is 0.496 e. The Balaban J connectivity index is 2.43. The van der Waals surface area contributed by atoms with Crippen molar-refractivity contribution in [1.29, 1.82) is 0 Å². The zero-order valence-electron chi connectivity index (χ0n) is 8.16. The number of nitrogens with zero attached hydrogens (tertiary/aromatic N) is 4. The molecule has 1 N–H and O–H groups in total. The number of methoxy groups -OCH3 is 1. The van der Waals surface area contributed by atoms with E-state index in [9.17, 15) is 0 Å². The van der Waals surface area contributed by atoms with E-state index in [0.29, 0.717) is 11.3 Å². The molecule has 0 spiro atoms. The van der Waals surface area contributed by atoms with Gasteiger partial charge in [0, 0.05) is 5.56 Å². The van der Waals surface area contributed by atoms with Crippen molar-refractivity contribution in [3.8, 4) is 11.4 Å². The van der Waals surface area contributed by atoms with Crippen molar-refractivity contribution >= 4 is 0 Å². The fourth-order valence-electron chi connectivity index (χ4n) is 1.31. The summed E-state index contributed by atoms with van der Waals surface area (Å²) in [6.45, 7) is -0.0842. The Kier molecular flexibility index (Phi) is 2.59. The van der Waals surface area contributed by atoms with Crippen LogP contribution in [0.2, 0.25) is 0 Å². The van der Waals surface area contributed by atoms with Crippen molar-refractivity contribution in [1.82, 2.24) is 20.2 Å². The van der Waals surface area contributed by atoms with Crippen LogP contribution in [-0.4, -0.2) is 32.4 Å². The summed E-state index contributed by atoms with van der Waals surface area (Å²) < 4.78 is 6.60. The van der Waals surface area contributed by atoms with Gasteiger partial charge in [0.1, 0.15) is 12.1 Å². The molecule has 0 fully saturated rings. The summed E-state index contributed by atoms with van der Waals surface area (Å²) >= 11 is 0. The van der Waals surface area contributed by atoms with Crippen LogP contribution in [0.15, 0.2) is 24.5 Å². The van der Waals surface area contributed by atoms with Gasteiger partial charge in [-0.1, -0.05) is 0 Å². The molecule has 2 aromatic rings. The summed E-state index contributed by atoms with van der Waals surface area (Å²) in [5.41, 5.74) is 1.48. The third-order valence-electron chi connectivity index (χ3n) is 2.05. The van der Waals surface area contributed by atoms with Gasteiger partial charge in [0.25, 0.3) is 0 Å². The molecule has 6 nitrogen and oxygen atoms in total. The number of hydrogen-bond acceptors (Lipinski definition) is 5. The van der Waals surface area contributed by atoms with Gasteiger partial charge >= 0.3 is 0 Å². The van der Waals surface area contributed by atoms with Crippen molar-refractivity contribution < 1.29 is 9.84 Å². The van der Waals surface area contributed by atoms with E-state index >= 15 is 0 Å². The summed E-state index contributed by atoms with van der Waals surface area (Å²) in [6, 6.07) is 5.35. The predicted molar refractivity (Wildman–Crippen MR) is 51.6 cm³/mol. The lowest BCUT2D eigenvalue weighted by atomic mass is 10.2. The third kappa shape index (κ3) is 1.79. The fourth-order valence-corrected chi connectivity index (χ4v) is 1.31. The molecule has 0 saturated heterocycles. The van der Waals surface area contributed by atoms with Crippen LogP contribution in [0.1, 0.15) is 5.56 Å². The van der Waals surface area contributed by atoms with Crippen LogP contribution in [0.4, 0.5) is 0 Å². The van der Waals surface area contributed by atoms with Gasteiger partial charge in [-0.05, 0) is 28.6 Å². The molecule has 1 aromatic carbocycles. The summed E-state index contributed by atoms with van der Waals surface area (Å²) in [5.74, 6) is 0.648. The summed E-state index contributed by atoms with van der Waals surface area (Å²) in [5, 5.41) is 20.0. The van der Waals surface area contributed by atoms with E-state index in [4.69, 9.17) is 9.84 Å². The minimum Gasteiger partial charge on any atom is -0.496 e. The molecule has 6 heteroatoms. The molecule has 0 atom stereocenters. The quantitative estimate of drug-likeness (QED) is 0.774. The molecule has 15 heavy (non-hydrogen) atoms. The average Bonchev–Trinajstić information content (AvgIpc) is 2.81. The van der Waals surface area contributed by atoms with Crippen molar-refractivity contribution in [3.05, 3.63) is 30.1 Å². The number of rotatable bonds is 3. The number of aliphatic hydroxyl groups is 1. The zero-order chi connectivity index (χ0) is 10.7. The van der Waals surface area contributed by atoms with E-state index in [0.717, 1.165) is 5.69 Å². The van der Waals surface area contributed by atoms with Crippen molar-refractivity contribution in [2.75, 3.05) is 7.11 Å². The summed E-state index contributed by atoms with van der Waals surface area (Å²) in [4.78, 5) is 0. The van der Waals surface area contributed by atoms with Crippen molar-refractivity contribution in [2.45, 2.75) is 6.61 Å². The van der Waals surface area contributed by atoms with Gasteiger partial charge in [-0.15, -0.1) is 5.10 Å². The standard InChI is InChI=1S/C9H10N4O2/c1-15-9-3-2-8(4-7(9)5-14)13-6-10-11-12-13/h2-4,6,14H,5H2,1H3. The average molecular weight is 206 g/mol. The van der Waals surface area contributed by atoms with Gasteiger partial charge in [-0.25, -0.2) is 4.68 Å². The maximum Gasteiger partial charge on any atom is 0.143 e. The monoisotopic (exact) mass is 206 g/mol. The van der Waals surface area contributed by atoms with Crippen LogP contribution >= 0.6 is 0 Å². The third-order valence-corrected chi connectivity index (χ3v) is 2.05. The van der Waals surface area contributed by atoms with E-state index in [1.165, 1.54) is 11.0 Å². The Hall–Kier alpha value is -1.95. The number of aliphatic hydroxyl groups excluding tert-OH is 1. The number of hydrogen-bond donors (Lipinski definition) is 1. The first-order valence-corrected chi connectivity index (χ1v) is 4.36. The maximum atomic E-state index is 9.13. The fraction of sp³-hybridized carbons (Fsp3) is 0.222. The second-order valence-electron chi connectivity index (χ2n) is 2.91. The molecule has 0 unspecified atom stereocenters. The smallest absolute Gasteiger partial charge is 0.143 e. The van der Waals surface area contributed by atoms with Crippen LogP contribution in [0.25, 0.3) is 5.69 Å². The van der Waals surface area contributed by atoms with Gasteiger partial charge in [-0.3, -0.25) is 0 Å². The van der Waals surface area contributed by atoms with E-state index in [1.807, 2.05) is 6.07 Å². The SMILES string of the molecule is COc1ccc(-n2cnnn2)cc1CO. The van der Waals surface area contributed by atoms with E-state index < -0.39 is 0 Å². The number of ether oxygens (including phenoxy) is 1. The summed E-state index contributed by atoms with van der Waals surface area (Å²) in [6.07, 6.45) is 1.49. The van der Waals surface area contributed by atoms with Crippen LogP contribution in [-0.2, 0) is 6.61 Å². The molecule has 78 valence electrons. The van der Waals surface area contributed by atoms with Crippen LogP contribution in [0.3, 0.4) is 0 Å². The zero-order valence-corrected chi connectivity index (χ0v) is 8.16. The Labute approximate surface area is 86.1 Å². The van der Waals surface area contributed by atoms with E-state index in [2.05, 4.69) is 15.5 Å². The normalized spacial score (nSPS) is 10.3. The Morgan fingerprint density at radius 2 is 2.33 bits per heavy atom. The van der Waals surface area contributed by atoms with E-state index in [-0.39, 0.29) is 6.61 Å². The lowest BCUT2D eigenvalue weighted by Gasteiger charge is -2.07. The lowest BCUT2D eigenvalue weighted by molar-refractivity contribution is 0.273. The van der Waals surface area contributed by atoms with Gasteiger partial charge in [0.05, 0.1) is 19.4 Å². The Bertz CT molecular complexity index is 441. The minimum atomic E-state index is -0.0842. The second-order valence-corrected chi connectivity index (χ2v) is 2.91. The molecule has 1 aromatic heterocycles. The molecule has 0 radical (unpaired) electrons. The van der Waals surface area contributed by atoms with Gasteiger partial charge in [0.2, 0.25) is 0 Å². The first-order chi connectivity index (χ1) is 7.35. The molecule has 0 aliphatic carbocycles. The number of aromatic nitrogens is 4. The van der Waals surface area contributed by atoms with Gasteiger partial charge in [0.15, 0.2) is 0 Å². The first kappa shape index (κ1) is 9.60. The molecule has 0 aliphatic rings. The molecular weight excluding hydrogens is 196 g/mol. The Morgan fingerprint density at radius 3 is 2.93 bits per heavy atom. The molecule has 0 bridgehead atoms. The number of tetrazole rings is 1. The van der Waals surface area contributed by atoms with Crippen LogP contribution in [0, 0.1) is 0 Å². The number of benzene rings is 1. The van der Waals surface area contributed by atoms with Crippen LogP contribution in [0.5, 0.6) is 5.75 Å². The lowest BCUT2D eigenvalue weighted by Crippen LogP contribution is -1.98. The van der Waals surface area contributed by atoms with Gasteiger partial charge < -0.3 is 9.84 Å². The summed E-state index contributed by atoms with van der Waals surface area (Å²) in [7, 11) is 1.56. The molecule has 1 heterocycles. The van der Waals surface area contributed by atoms with E-state index in [1.54, 1.807) is 19.2 Å². The highest BCUT2D eigenvalue weighted by Crippen LogP contribution is 2.21. The highest BCUT2D eigenvalue weighted by atomic mass is 16.5. The maximum absolute atomic E-state index is 9.13. The predicted octanol–water partition coefficient (Wildman–Crippen LogP) is 0.163. The highest BCUT2D eigenvalue weighted by molar-refractivity contribution is 5.43. The molecular formula is C9H10N4O2.